The molecule has 2 rings (SSSR count). The van der Waals surface area contributed by atoms with Gasteiger partial charge in [0.1, 0.15) is 23.1 Å². The third kappa shape index (κ3) is 3.77. The lowest BCUT2D eigenvalue weighted by molar-refractivity contribution is -0.383. The number of nitriles is 1. The minimum absolute atomic E-state index is 0.0443. The number of para-hydroxylation sites is 2. The maximum absolute atomic E-state index is 13.6. The molecule has 23 heavy (non-hydrogen) atoms. The number of benzene rings is 2. The van der Waals surface area contributed by atoms with Gasteiger partial charge in [-0.2, -0.15) is 5.26 Å². The third-order valence-corrected chi connectivity index (χ3v) is 2.92. The molecule has 0 spiro atoms. The molecule has 2 aromatic carbocycles. The molecule has 0 saturated heterocycles. The second kappa shape index (κ2) is 6.95. The summed E-state index contributed by atoms with van der Waals surface area (Å²) in [7, 11) is 0. The highest BCUT2D eigenvalue weighted by molar-refractivity contribution is 6.10. The Hall–Kier alpha value is -3.53. The molecular formula is C16H10FN3O3. The van der Waals surface area contributed by atoms with Crippen molar-refractivity contribution in [2.45, 2.75) is 0 Å². The second-order valence-electron chi connectivity index (χ2n) is 4.42. The number of anilines is 1. The molecule has 0 bridgehead atoms. The minimum Gasteiger partial charge on any atom is -0.316 e. The van der Waals surface area contributed by atoms with Crippen molar-refractivity contribution in [2.24, 2.45) is 0 Å². The Balaban J connectivity index is 2.31. The predicted molar refractivity (Wildman–Crippen MR) is 81.7 cm³/mol. The van der Waals surface area contributed by atoms with Gasteiger partial charge in [-0.05, 0) is 18.2 Å². The van der Waals surface area contributed by atoms with Gasteiger partial charge < -0.3 is 5.32 Å². The summed E-state index contributed by atoms with van der Waals surface area (Å²) in [6.07, 6.45) is 1.08. The fraction of sp³-hybridized carbons (Fsp3) is 0. The molecule has 0 heterocycles. The van der Waals surface area contributed by atoms with Gasteiger partial charge in [0.25, 0.3) is 11.6 Å². The molecule has 0 fully saturated rings. The molecule has 2 aromatic rings. The first-order valence-corrected chi connectivity index (χ1v) is 6.44. The number of nitrogens with one attached hydrogen (secondary N) is 1. The van der Waals surface area contributed by atoms with E-state index in [4.69, 9.17) is 5.26 Å². The average molecular weight is 311 g/mol. The molecule has 1 N–H and O–H groups in total. The largest absolute Gasteiger partial charge is 0.316 e. The Kier molecular flexibility index (Phi) is 4.79. The number of rotatable bonds is 4. The number of nitrogens with zero attached hydrogens (tertiary/aromatic N) is 2. The van der Waals surface area contributed by atoms with Crippen molar-refractivity contribution >= 4 is 23.4 Å². The quantitative estimate of drug-likeness (QED) is 0.405. The fourth-order valence-corrected chi connectivity index (χ4v) is 1.82. The van der Waals surface area contributed by atoms with Crippen LogP contribution in [0, 0.1) is 27.3 Å². The summed E-state index contributed by atoms with van der Waals surface area (Å²) in [5, 5.41) is 22.3. The number of carbonyl (C=O) groups excluding carboxylic acids is 1. The Morgan fingerprint density at radius 2 is 1.87 bits per heavy atom. The van der Waals surface area contributed by atoms with E-state index in [0.717, 1.165) is 6.08 Å². The number of amides is 1. The molecule has 114 valence electrons. The standard InChI is InChI=1S/C16H10FN3O3/c17-13-6-2-1-5-11(13)9-12(10-18)16(21)19-14-7-3-4-8-15(14)20(22)23/h1-9H,(H,19,21)/b12-9+. The minimum atomic E-state index is -0.856. The van der Waals surface area contributed by atoms with Gasteiger partial charge >= 0.3 is 0 Å². The van der Waals surface area contributed by atoms with Crippen molar-refractivity contribution in [3.63, 3.8) is 0 Å². The lowest BCUT2D eigenvalue weighted by Gasteiger charge is -2.05. The maximum atomic E-state index is 13.6. The first-order chi connectivity index (χ1) is 11.0. The van der Waals surface area contributed by atoms with Crippen LogP contribution in [-0.4, -0.2) is 10.8 Å². The number of hydrogen-bond acceptors (Lipinski definition) is 4. The van der Waals surface area contributed by atoms with E-state index in [-0.39, 0.29) is 22.5 Å². The fourth-order valence-electron chi connectivity index (χ4n) is 1.82. The zero-order valence-electron chi connectivity index (χ0n) is 11.7. The van der Waals surface area contributed by atoms with Crippen LogP contribution in [0.3, 0.4) is 0 Å². The van der Waals surface area contributed by atoms with Crippen molar-refractivity contribution in [2.75, 3.05) is 5.32 Å². The molecule has 0 atom stereocenters. The van der Waals surface area contributed by atoms with Crippen LogP contribution in [0.4, 0.5) is 15.8 Å². The summed E-state index contributed by atoms with van der Waals surface area (Å²) in [5.74, 6) is -1.44. The van der Waals surface area contributed by atoms with Crippen LogP contribution in [0.2, 0.25) is 0 Å². The first-order valence-electron chi connectivity index (χ1n) is 6.44. The lowest BCUT2D eigenvalue weighted by Crippen LogP contribution is -2.14. The van der Waals surface area contributed by atoms with Crippen LogP contribution in [0.5, 0.6) is 0 Å². The van der Waals surface area contributed by atoms with Crippen molar-refractivity contribution < 1.29 is 14.1 Å². The zero-order chi connectivity index (χ0) is 16.8. The van der Waals surface area contributed by atoms with Gasteiger partial charge in [-0.15, -0.1) is 0 Å². The van der Waals surface area contributed by atoms with E-state index >= 15 is 0 Å². The van der Waals surface area contributed by atoms with E-state index in [0.29, 0.717) is 0 Å². The Bertz CT molecular complexity index is 840. The van der Waals surface area contributed by atoms with Crippen LogP contribution >= 0.6 is 0 Å². The second-order valence-corrected chi connectivity index (χ2v) is 4.42. The average Bonchev–Trinajstić information content (AvgIpc) is 2.54. The molecule has 0 aromatic heterocycles. The molecule has 7 heteroatoms. The lowest BCUT2D eigenvalue weighted by atomic mass is 10.1. The van der Waals surface area contributed by atoms with Crippen molar-refractivity contribution in [1.82, 2.24) is 0 Å². The molecule has 0 aliphatic carbocycles. The Morgan fingerprint density at radius 1 is 1.22 bits per heavy atom. The van der Waals surface area contributed by atoms with Crippen LogP contribution in [-0.2, 0) is 4.79 Å². The van der Waals surface area contributed by atoms with Gasteiger partial charge in [0.2, 0.25) is 0 Å². The number of hydrogen-bond donors (Lipinski definition) is 1. The molecule has 0 saturated carbocycles. The van der Waals surface area contributed by atoms with Crippen molar-refractivity contribution in [3.8, 4) is 6.07 Å². The van der Waals surface area contributed by atoms with Gasteiger partial charge in [0, 0.05) is 11.6 Å². The highest BCUT2D eigenvalue weighted by Gasteiger charge is 2.17. The smallest absolute Gasteiger partial charge is 0.292 e. The molecule has 6 nitrogen and oxygen atoms in total. The SMILES string of the molecule is N#C/C(=C\c1ccccc1F)C(=O)Nc1ccccc1[N+](=O)[O-]. The highest BCUT2D eigenvalue weighted by Crippen LogP contribution is 2.24. The van der Waals surface area contributed by atoms with Crippen LogP contribution < -0.4 is 5.32 Å². The molecule has 0 unspecified atom stereocenters. The van der Waals surface area contributed by atoms with Gasteiger partial charge in [-0.25, -0.2) is 4.39 Å². The van der Waals surface area contributed by atoms with E-state index in [1.54, 1.807) is 12.1 Å². The number of halogens is 1. The van der Waals surface area contributed by atoms with Gasteiger partial charge in [0.05, 0.1) is 4.92 Å². The highest BCUT2D eigenvalue weighted by atomic mass is 19.1. The number of nitro groups is 1. The summed E-state index contributed by atoms with van der Waals surface area (Å²) in [6, 6.07) is 12.8. The topological polar surface area (TPSA) is 96.0 Å². The van der Waals surface area contributed by atoms with Crippen LogP contribution in [0.25, 0.3) is 6.08 Å². The number of carbonyl (C=O) groups is 1. The Morgan fingerprint density at radius 3 is 2.52 bits per heavy atom. The molecule has 1 amide bonds. The zero-order valence-corrected chi connectivity index (χ0v) is 11.7. The predicted octanol–water partition coefficient (Wildman–Crippen LogP) is 3.28. The monoisotopic (exact) mass is 311 g/mol. The molecule has 0 radical (unpaired) electrons. The van der Waals surface area contributed by atoms with Crippen LogP contribution in [0.15, 0.2) is 54.1 Å². The molecule has 0 aliphatic heterocycles. The first kappa shape index (κ1) is 15.9. The van der Waals surface area contributed by atoms with E-state index in [2.05, 4.69) is 5.32 Å². The summed E-state index contributed by atoms with van der Waals surface area (Å²) in [6.45, 7) is 0. The Labute approximate surface area is 130 Å². The molecule has 0 aliphatic rings. The van der Waals surface area contributed by atoms with E-state index in [9.17, 15) is 19.3 Å². The van der Waals surface area contributed by atoms with Gasteiger partial charge in [-0.1, -0.05) is 30.3 Å². The molecular weight excluding hydrogens is 301 g/mol. The van der Waals surface area contributed by atoms with E-state index in [1.165, 1.54) is 42.5 Å². The van der Waals surface area contributed by atoms with Crippen molar-refractivity contribution in [3.05, 3.63) is 75.6 Å². The van der Waals surface area contributed by atoms with Gasteiger partial charge in [-0.3, -0.25) is 14.9 Å². The summed E-state index contributed by atoms with van der Waals surface area (Å²) in [4.78, 5) is 22.3. The number of nitro benzene ring substituents is 1. The van der Waals surface area contributed by atoms with Crippen molar-refractivity contribution in [1.29, 1.82) is 5.26 Å². The van der Waals surface area contributed by atoms with Gasteiger partial charge in [0.15, 0.2) is 0 Å². The van der Waals surface area contributed by atoms with E-state index in [1.807, 2.05) is 0 Å². The van der Waals surface area contributed by atoms with E-state index < -0.39 is 16.6 Å². The summed E-state index contributed by atoms with van der Waals surface area (Å²) >= 11 is 0. The normalized spacial score (nSPS) is 10.7. The maximum Gasteiger partial charge on any atom is 0.292 e. The van der Waals surface area contributed by atoms with Crippen LogP contribution in [0.1, 0.15) is 5.56 Å². The summed E-state index contributed by atoms with van der Waals surface area (Å²) in [5.41, 5.74) is -0.642. The summed E-state index contributed by atoms with van der Waals surface area (Å²) < 4.78 is 13.6. The third-order valence-electron chi connectivity index (χ3n) is 2.92.